The molecule has 0 aromatic heterocycles. The molecule has 0 saturated carbocycles. The predicted octanol–water partition coefficient (Wildman–Crippen LogP) is 4.33. The molecule has 39 heavy (non-hydrogen) atoms. The molecule has 3 rings (SSSR count). The van der Waals surface area contributed by atoms with E-state index < -0.39 is 8.80 Å². The van der Waals surface area contributed by atoms with Crippen LogP contribution in [-0.2, 0) is 13.3 Å². The Hall–Kier alpha value is -0.946. The highest BCUT2D eigenvalue weighted by Crippen LogP contribution is 2.24. The molecule has 2 aliphatic heterocycles. The molecule has 0 bridgehead atoms. The molecular formula is C30H56N4O3Si2. The van der Waals surface area contributed by atoms with Gasteiger partial charge in [0, 0.05) is 89.6 Å². The van der Waals surface area contributed by atoms with Crippen LogP contribution < -0.4 is 15.0 Å². The van der Waals surface area contributed by atoms with E-state index in [2.05, 4.69) is 51.9 Å². The van der Waals surface area contributed by atoms with Gasteiger partial charge in [-0.05, 0) is 58.6 Å². The molecule has 0 unspecified atom stereocenters. The van der Waals surface area contributed by atoms with Gasteiger partial charge in [-0.1, -0.05) is 44.2 Å². The minimum Gasteiger partial charge on any atom is -0.374 e. The zero-order valence-corrected chi connectivity index (χ0v) is 27.7. The molecule has 1 aromatic rings. The largest absolute Gasteiger partial charge is 0.500 e. The van der Waals surface area contributed by atoms with E-state index in [-0.39, 0.29) is 0 Å². The fraction of sp³-hybridized carbons (Fsp3) is 0.800. The van der Waals surface area contributed by atoms with Crippen molar-refractivity contribution in [1.29, 1.82) is 0 Å². The molecule has 9 heteroatoms. The fourth-order valence-electron chi connectivity index (χ4n) is 5.64. The number of benzene rings is 1. The van der Waals surface area contributed by atoms with Crippen LogP contribution in [0.2, 0.25) is 12.1 Å². The molecule has 0 aliphatic carbocycles. The van der Waals surface area contributed by atoms with Crippen molar-refractivity contribution >= 4 is 34.9 Å². The smallest absolute Gasteiger partial charge is 0.374 e. The van der Waals surface area contributed by atoms with Crippen molar-refractivity contribution in [3.63, 3.8) is 0 Å². The summed E-state index contributed by atoms with van der Waals surface area (Å²) in [6.07, 6.45) is 7.67. The molecule has 7 nitrogen and oxygen atoms in total. The van der Waals surface area contributed by atoms with Gasteiger partial charge in [0.15, 0.2) is 0 Å². The van der Waals surface area contributed by atoms with Gasteiger partial charge in [-0.25, -0.2) is 0 Å². The SMILES string of the molecule is CCO[Si](CCCCCCCC[Si]c1ccc(N2CCN(C)CC2)cc1N1CCN(C)CC1)(OCC)OCC. The number of rotatable bonds is 18. The monoisotopic (exact) mass is 576 g/mol. The number of anilines is 2. The Labute approximate surface area is 243 Å². The number of hydrogen-bond acceptors (Lipinski definition) is 7. The zero-order valence-electron chi connectivity index (χ0n) is 25.7. The van der Waals surface area contributed by atoms with E-state index in [1.54, 1.807) is 5.19 Å². The van der Waals surface area contributed by atoms with E-state index in [0.717, 1.165) is 74.3 Å². The first-order valence-electron chi connectivity index (χ1n) is 15.7. The molecule has 2 heterocycles. The van der Waals surface area contributed by atoms with Crippen LogP contribution in [0.3, 0.4) is 0 Å². The molecule has 2 aliphatic rings. The van der Waals surface area contributed by atoms with Crippen LogP contribution in [0.25, 0.3) is 0 Å². The maximum atomic E-state index is 6.00. The van der Waals surface area contributed by atoms with Gasteiger partial charge in [-0.2, -0.15) is 0 Å². The summed E-state index contributed by atoms with van der Waals surface area (Å²) in [6, 6.07) is 9.61. The number of nitrogens with zero attached hydrogens (tertiary/aromatic N) is 4. The maximum Gasteiger partial charge on any atom is 0.500 e. The lowest BCUT2D eigenvalue weighted by atomic mass is 10.1. The van der Waals surface area contributed by atoms with Crippen LogP contribution in [-0.4, -0.2) is 114 Å². The quantitative estimate of drug-likeness (QED) is 0.190. The summed E-state index contributed by atoms with van der Waals surface area (Å²) in [5.41, 5.74) is 2.92. The molecular weight excluding hydrogens is 521 g/mol. The summed E-state index contributed by atoms with van der Waals surface area (Å²) in [5.74, 6) is 0. The van der Waals surface area contributed by atoms with Crippen LogP contribution in [0.1, 0.15) is 59.3 Å². The Balaban J connectivity index is 1.43. The Morgan fingerprint density at radius 3 is 1.74 bits per heavy atom. The van der Waals surface area contributed by atoms with Crippen molar-refractivity contribution in [2.45, 2.75) is 71.4 Å². The van der Waals surface area contributed by atoms with E-state index in [0.29, 0.717) is 19.8 Å². The summed E-state index contributed by atoms with van der Waals surface area (Å²) in [7, 11) is 2.91. The van der Waals surface area contributed by atoms with Crippen LogP contribution in [0.5, 0.6) is 0 Å². The Morgan fingerprint density at radius 2 is 1.18 bits per heavy atom. The van der Waals surface area contributed by atoms with Gasteiger partial charge in [0.2, 0.25) is 0 Å². The van der Waals surface area contributed by atoms with E-state index in [1.165, 1.54) is 49.5 Å². The van der Waals surface area contributed by atoms with Gasteiger partial charge < -0.3 is 32.9 Å². The molecule has 0 atom stereocenters. The lowest BCUT2D eigenvalue weighted by molar-refractivity contribution is 0.0706. The fourth-order valence-corrected chi connectivity index (χ4v) is 9.63. The topological polar surface area (TPSA) is 40.7 Å². The highest BCUT2D eigenvalue weighted by molar-refractivity contribution is 6.60. The van der Waals surface area contributed by atoms with Gasteiger partial charge in [0.25, 0.3) is 0 Å². The summed E-state index contributed by atoms with van der Waals surface area (Å²) >= 11 is 0. The van der Waals surface area contributed by atoms with E-state index in [1.807, 2.05) is 20.8 Å². The lowest BCUT2D eigenvalue weighted by Crippen LogP contribution is -2.47. The first-order valence-corrected chi connectivity index (χ1v) is 18.8. The predicted molar refractivity (Wildman–Crippen MR) is 169 cm³/mol. The van der Waals surface area contributed by atoms with Gasteiger partial charge >= 0.3 is 8.80 Å². The van der Waals surface area contributed by atoms with Crippen molar-refractivity contribution < 1.29 is 13.3 Å². The minimum absolute atomic E-state index is 0.669. The molecule has 0 N–H and O–H groups in total. The standard InChI is InChI=1S/C30H56N4O3Si2/c1-6-35-39(36-7-2,37-8-3)26-14-12-10-9-11-13-25-38-30-16-15-28(33-21-17-31(4)18-22-33)27-29(30)34-23-19-32(5)20-24-34/h15-16,27H,6-14,17-26H2,1-5H3. The summed E-state index contributed by atoms with van der Waals surface area (Å²) in [4.78, 5) is 10.1. The van der Waals surface area contributed by atoms with Crippen molar-refractivity contribution in [1.82, 2.24) is 9.80 Å². The molecule has 0 amide bonds. The number of piperazine rings is 2. The van der Waals surface area contributed by atoms with Crippen molar-refractivity contribution in [3.8, 4) is 0 Å². The van der Waals surface area contributed by atoms with Crippen LogP contribution in [0, 0.1) is 0 Å². The number of likely N-dealkylation sites (N-methyl/N-ethyl adjacent to an activating group) is 2. The van der Waals surface area contributed by atoms with Crippen LogP contribution >= 0.6 is 0 Å². The first-order chi connectivity index (χ1) is 19.0. The Bertz CT molecular complexity index is 785. The van der Waals surface area contributed by atoms with Crippen molar-refractivity contribution in [2.75, 3.05) is 96.1 Å². The highest BCUT2D eigenvalue weighted by Gasteiger charge is 2.39. The molecule has 2 radical (unpaired) electrons. The molecule has 0 spiro atoms. The van der Waals surface area contributed by atoms with Gasteiger partial charge in [0.05, 0.1) is 9.52 Å². The molecule has 222 valence electrons. The third kappa shape index (κ3) is 10.8. The van der Waals surface area contributed by atoms with E-state index in [9.17, 15) is 0 Å². The number of unbranched alkanes of at least 4 members (excludes halogenated alkanes) is 5. The second kappa shape index (κ2) is 17.8. The van der Waals surface area contributed by atoms with Crippen molar-refractivity contribution in [3.05, 3.63) is 18.2 Å². The Kier molecular flexibility index (Phi) is 14.8. The average molecular weight is 577 g/mol. The van der Waals surface area contributed by atoms with Crippen LogP contribution in [0.15, 0.2) is 18.2 Å². The second-order valence-electron chi connectivity index (χ2n) is 11.1. The Morgan fingerprint density at radius 1 is 0.667 bits per heavy atom. The normalized spacial score (nSPS) is 17.8. The highest BCUT2D eigenvalue weighted by atomic mass is 28.4. The third-order valence-corrected chi connectivity index (χ3v) is 12.6. The second-order valence-corrected chi connectivity index (χ2v) is 15.2. The minimum atomic E-state index is -2.47. The maximum absolute atomic E-state index is 6.00. The van der Waals surface area contributed by atoms with Crippen molar-refractivity contribution in [2.24, 2.45) is 0 Å². The van der Waals surface area contributed by atoms with Crippen LogP contribution in [0.4, 0.5) is 11.4 Å². The summed E-state index contributed by atoms with van der Waals surface area (Å²) < 4.78 is 18.0. The van der Waals surface area contributed by atoms with Gasteiger partial charge in [0.1, 0.15) is 0 Å². The van der Waals surface area contributed by atoms with Gasteiger partial charge in [-0.15, -0.1) is 0 Å². The number of hydrogen-bond donors (Lipinski definition) is 0. The summed E-state index contributed by atoms with van der Waals surface area (Å²) in [6.45, 7) is 17.3. The average Bonchev–Trinajstić information content (AvgIpc) is 2.93. The van der Waals surface area contributed by atoms with E-state index >= 15 is 0 Å². The molecule has 2 fully saturated rings. The third-order valence-electron chi connectivity index (χ3n) is 8.01. The van der Waals surface area contributed by atoms with Gasteiger partial charge in [-0.3, -0.25) is 0 Å². The summed E-state index contributed by atoms with van der Waals surface area (Å²) in [5, 5.41) is 1.57. The first kappa shape index (κ1) is 32.6. The lowest BCUT2D eigenvalue weighted by Gasteiger charge is -2.37. The van der Waals surface area contributed by atoms with E-state index in [4.69, 9.17) is 13.3 Å². The zero-order chi connectivity index (χ0) is 27.9. The molecule has 1 aromatic carbocycles. The molecule has 2 saturated heterocycles.